The number of carbonyl (C=O) groups excluding carboxylic acids is 1. The highest BCUT2D eigenvalue weighted by molar-refractivity contribution is 7.12. The molecule has 1 aromatic heterocycles. The molecule has 1 aliphatic rings. The molecule has 1 fully saturated rings. The summed E-state index contributed by atoms with van der Waals surface area (Å²) in [5.74, 6) is -0.862. The Morgan fingerprint density at radius 3 is 2.56 bits per heavy atom. The first-order chi connectivity index (χ1) is 11.8. The molecule has 3 rings (SSSR count). The van der Waals surface area contributed by atoms with Gasteiger partial charge in [0.1, 0.15) is 0 Å². The zero-order chi connectivity index (χ0) is 18.2. The van der Waals surface area contributed by atoms with Crippen LogP contribution in [0.4, 0.5) is 0 Å². The molecule has 1 amide bonds. The molecule has 0 aliphatic carbocycles. The molecule has 1 N–H and O–H groups in total. The summed E-state index contributed by atoms with van der Waals surface area (Å²) in [5, 5.41) is 10.3. The van der Waals surface area contributed by atoms with E-state index < -0.39 is 11.4 Å². The summed E-state index contributed by atoms with van der Waals surface area (Å²) in [5.41, 5.74) is 2.21. The van der Waals surface area contributed by atoms with Gasteiger partial charge < -0.3 is 10.0 Å². The molecular formula is C19H22N2O3S. The molecule has 1 aromatic carbocycles. The van der Waals surface area contributed by atoms with Gasteiger partial charge in [0.15, 0.2) is 0 Å². The van der Waals surface area contributed by atoms with Crippen molar-refractivity contribution in [3.8, 4) is 11.3 Å². The van der Waals surface area contributed by atoms with Gasteiger partial charge in [-0.15, -0.1) is 11.3 Å². The van der Waals surface area contributed by atoms with E-state index in [0.29, 0.717) is 13.0 Å². The number of carboxylic acid groups (broad SMARTS) is 1. The fourth-order valence-electron chi connectivity index (χ4n) is 3.12. The summed E-state index contributed by atoms with van der Waals surface area (Å²) in [6.07, 6.45) is 0.769. The van der Waals surface area contributed by atoms with E-state index in [-0.39, 0.29) is 18.9 Å². The fraction of sp³-hybridized carbons (Fsp3) is 0.421. The first-order valence-corrected chi connectivity index (χ1v) is 9.15. The SMILES string of the molecule is Cc1ccc(-c2nc(C)sc2CC(=O)N2CC[C@@](C)(C(=O)O)C2)cc1. The van der Waals surface area contributed by atoms with Crippen LogP contribution in [0.5, 0.6) is 0 Å². The minimum absolute atomic E-state index is 0.0259. The van der Waals surface area contributed by atoms with Crippen LogP contribution in [-0.4, -0.2) is 40.0 Å². The highest BCUT2D eigenvalue weighted by Crippen LogP contribution is 2.32. The highest BCUT2D eigenvalue weighted by Gasteiger charge is 2.42. The van der Waals surface area contributed by atoms with E-state index in [1.165, 1.54) is 16.9 Å². The van der Waals surface area contributed by atoms with Crippen LogP contribution in [0.25, 0.3) is 11.3 Å². The van der Waals surface area contributed by atoms with Gasteiger partial charge in [0.05, 0.1) is 22.5 Å². The maximum atomic E-state index is 12.7. The lowest BCUT2D eigenvalue weighted by molar-refractivity contribution is -0.147. The van der Waals surface area contributed by atoms with Gasteiger partial charge in [0.25, 0.3) is 0 Å². The third-order valence-corrected chi connectivity index (χ3v) is 5.75. The number of thiazole rings is 1. The number of hydrogen-bond acceptors (Lipinski definition) is 4. The zero-order valence-electron chi connectivity index (χ0n) is 14.7. The number of aromatic nitrogens is 1. The van der Waals surface area contributed by atoms with Crippen LogP contribution >= 0.6 is 11.3 Å². The van der Waals surface area contributed by atoms with Crippen molar-refractivity contribution in [3.05, 3.63) is 39.7 Å². The average Bonchev–Trinajstić information content (AvgIpc) is 3.12. The second kappa shape index (κ2) is 6.59. The van der Waals surface area contributed by atoms with E-state index in [1.54, 1.807) is 11.8 Å². The molecule has 0 bridgehead atoms. The molecule has 1 aliphatic heterocycles. The number of rotatable bonds is 4. The van der Waals surface area contributed by atoms with Crippen molar-refractivity contribution >= 4 is 23.2 Å². The number of aliphatic carboxylic acids is 1. The molecule has 25 heavy (non-hydrogen) atoms. The van der Waals surface area contributed by atoms with Gasteiger partial charge >= 0.3 is 5.97 Å². The maximum absolute atomic E-state index is 12.7. The smallest absolute Gasteiger partial charge is 0.311 e. The van der Waals surface area contributed by atoms with E-state index in [4.69, 9.17) is 0 Å². The van der Waals surface area contributed by atoms with Crippen molar-refractivity contribution in [2.75, 3.05) is 13.1 Å². The number of amides is 1. The number of carbonyl (C=O) groups is 2. The second-order valence-corrected chi connectivity index (χ2v) is 8.27. The molecule has 6 heteroatoms. The zero-order valence-corrected chi connectivity index (χ0v) is 15.5. The Bertz CT molecular complexity index is 813. The van der Waals surface area contributed by atoms with E-state index >= 15 is 0 Å². The quantitative estimate of drug-likeness (QED) is 0.910. The van der Waals surface area contributed by atoms with Gasteiger partial charge in [0.2, 0.25) is 5.91 Å². The Kier molecular flexibility index (Phi) is 4.64. The van der Waals surface area contributed by atoms with Crippen molar-refractivity contribution in [1.82, 2.24) is 9.88 Å². The van der Waals surface area contributed by atoms with Crippen LogP contribution in [0, 0.1) is 19.3 Å². The van der Waals surface area contributed by atoms with Crippen LogP contribution in [0.15, 0.2) is 24.3 Å². The van der Waals surface area contributed by atoms with Gasteiger partial charge in [-0.05, 0) is 27.2 Å². The molecule has 0 radical (unpaired) electrons. The first-order valence-electron chi connectivity index (χ1n) is 8.33. The van der Waals surface area contributed by atoms with Crippen molar-refractivity contribution in [1.29, 1.82) is 0 Å². The average molecular weight is 358 g/mol. The number of nitrogens with zero attached hydrogens (tertiary/aromatic N) is 2. The Balaban J connectivity index is 1.79. The molecule has 2 heterocycles. The molecule has 0 spiro atoms. The molecule has 1 atom stereocenters. The molecule has 1 saturated heterocycles. The van der Waals surface area contributed by atoms with Crippen LogP contribution < -0.4 is 0 Å². The van der Waals surface area contributed by atoms with Gasteiger partial charge in [-0.1, -0.05) is 29.8 Å². The molecule has 0 saturated carbocycles. The predicted molar refractivity (Wildman–Crippen MR) is 97.7 cm³/mol. The minimum Gasteiger partial charge on any atom is -0.481 e. The van der Waals surface area contributed by atoms with E-state index in [0.717, 1.165) is 21.1 Å². The number of carboxylic acids is 1. The third-order valence-electron chi connectivity index (χ3n) is 4.78. The lowest BCUT2D eigenvalue weighted by atomic mass is 9.90. The number of hydrogen-bond donors (Lipinski definition) is 1. The topological polar surface area (TPSA) is 70.5 Å². The Morgan fingerprint density at radius 2 is 1.96 bits per heavy atom. The largest absolute Gasteiger partial charge is 0.481 e. The Labute approximate surface area is 151 Å². The second-order valence-electron chi connectivity index (χ2n) is 6.98. The van der Waals surface area contributed by atoms with Gasteiger partial charge in [-0.25, -0.2) is 4.98 Å². The van der Waals surface area contributed by atoms with Crippen LogP contribution in [0.1, 0.15) is 28.8 Å². The summed E-state index contributed by atoms with van der Waals surface area (Å²) in [6, 6.07) is 8.12. The fourth-order valence-corrected chi connectivity index (χ4v) is 4.07. The third kappa shape index (κ3) is 3.58. The van der Waals surface area contributed by atoms with E-state index in [1.807, 2.05) is 38.1 Å². The molecule has 2 aromatic rings. The standard InChI is InChI=1S/C19H22N2O3S/c1-12-4-6-14(7-5-12)17-15(25-13(2)20-17)10-16(22)21-9-8-19(3,11-21)18(23)24/h4-7H,8-11H2,1-3H3,(H,23,24)/t19-/m1/s1. The van der Waals surface area contributed by atoms with Gasteiger partial charge in [0, 0.05) is 23.5 Å². The molecule has 132 valence electrons. The predicted octanol–water partition coefficient (Wildman–Crippen LogP) is 3.29. The van der Waals surface area contributed by atoms with Crippen LogP contribution in [0.3, 0.4) is 0 Å². The van der Waals surface area contributed by atoms with E-state index in [2.05, 4.69) is 4.98 Å². The normalized spacial score (nSPS) is 20.0. The lowest BCUT2D eigenvalue weighted by Crippen LogP contribution is -2.35. The highest BCUT2D eigenvalue weighted by atomic mass is 32.1. The maximum Gasteiger partial charge on any atom is 0.311 e. The Morgan fingerprint density at radius 1 is 1.28 bits per heavy atom. The van der Waals surface area contributed by atoms with Crippen LogP contribution in [-0.2, 0) is 16.0 Å². The molecule has 0 unspecified atom stereocenters. The van der Waals surface area contributed by atoms with Crippen molar-refractivity contribution in [2.45, 2.75) is 33.6 Å². The van der Waals surface area contributed by atoms with Crippen LogP contribution in [0.2, 0.25) is 0 Å². The number of likely N-dealkylation sites (tertiary alicyclic amines) is 1. The molecular weight excluding hydrogens is 336 g/mol. The van der Waals surface area contributed by atoms with Crippen molar-refractivity contribution < 1.29 is 14.7 Å². The monoisotopic (exact) mass is 358 g/mol. The summed E-state index contributed by atoms with van der Waals surface area (Å²) < 4.78 is 0. The summed E-state index contributed by atoms with van der Waals surface area (Å²) in [4.78, 5) is 31.3. The van der Waals surface area contributed by atoms with Gasteiger partial charge in [-0.2, -0.15) is 0 Å². The van der Waals surface area contributed by atoms with Crippen molar-refractivity contribution in [2.24, 2.45) is 5.41 Å². The summed E-state index contributed by atoms with van der Waals surface area (Å²) in [7, 11) is 0. The van der Waals surface area contributed by atoms with Crippen molar-refractivity contribution in [3.63, 3.8) is 0 Å². The van der Waals surface area contributed by atoms with Gasteiger partial charge in [-0.3, -0.25) is 9.59 Å². The Hall–Kier alpha value is -2.21. The minimum atomic E-state index is -0.836. The molecule has 5 nitrogen and oxygen atoms in total. The number of aryl methyl sites for hydroxylation is 2. The summed E-state index contributed by atoms with van der Waals surface area (Å²) in [6.45, 7) is 6.45. The summed E-state index contributed by atoms with van der Waals surface area (Å²) >= 11 is 1.53. The lowest BCUT2D eigenvalue weighted by Gasteiger charge is -2.20. The first kappa shape index (κ1) is 17.6. The van der Waals surface area contributed by atoms with E-state index in [9.17, 15) is 14.7 Å². The number of benzene rings is 1.